The van der Waals surface area contributed by atoms with Crippen LogP contribution in [0.25, 0.3) is 0 Å². The van der Waals surface area contributed by atoms with E-state index in [9.17, 15) is 9.59 Å². The second-order valence-corrected chi connectivity index (χ2v) is 7.94. The summed E-state index contributed by atoms with van der Waals surface area (Å²) in [6, 6.07) is 15.4. The molecule has 1 N–H and O–H groups in total. The van der Waals surface area contributed by atoms with Crippen molar-refractivity contribution < 1.29 is 14.3 Å². The van der Waals surface area contributed by atoms with Gasteiger partial charge in [-0.15, -0.1) is 0 Å². The van der Waals surface area contributed by atoms with Crippen LogP contribution >= 0.6 is 0 Å². The molecule has 2 atom stereocenters. The van der Waals surface area contributed by atoms with Gasteiger partial charge in [0.1, 0.15) is 11.5 Å². The molecule has 2 aromatic carbocycles. The van der Waals surface area contributed by atoms with Crippen molar-refractivity contribution in [3.8, 4) is 5.75 Å². The van der Waals surface area contributed by atoms with Crippen molar-refractivity contribution in [1.82, 2.24) is 0 Å². The fourth-order valence-electron chi connectivity index (χ4n) is 4.49. The van der Waals surface area contributed by atoms with Gasteiger partial charge in [0.25, 0.3) is 5.91 Å². The first kappa shape index (κ1) is 20.1. The highest BCUT2D eigenvalue weighted by Gasteiger charge is 2.43. The quantitative estimate of drug-likeness (QED) is 0.797. The molecular weight excluding hydrogens is 376 g/mol. The van der Waals surface area contributed by atoms with E-state index in [0.717, 1.165) is 29.7 Å². The lowest BCUT2D eigenvalue weighted by atomic mass is 9.69. The van der Waals surface area contributed by atoms with Gasteiger partial charge in [0, 0.05) is 29.3 Å². The maximum Gasteiger partial charge on any atom is 0.254 e. The Morgan fingerprint density at radius 2 is 1.77 bits per heavy atom. The standard InChI is InChI=1S/C25H26N2O3/c1-15-11-13-17(14-12-15)23-22(16(2)26-19-8-6-9-20(28)24(19)23)25(29)27-18-7-4-5-10-21(18)30-3/h4-5,7,10-14,23-24H,6,8-9H2,1-3H3,(H,27,29)/t23-,24?/m1/s1. The lowest BCUT2D eigenvalue weighted by molar-refractivity contribution is -0.122. The molecule has 0 aromatic heterocycles. The van der Waals surface area contributed by atoms with Crippen LogP contribution in [0, 0.1) is 12.8 Å². The summed E-state index contributed by atoms with van der Waals surface area (Å²) in [5.74, 6) is -0.196. The Labute approximate surface area is 176 Å². The van der Waals surface area contributed by atoms with Crippen molar-refractivity contribution in [2.24, 2.45) is 10.9 Å². The zero-order chi connectivity index (χ0) is 21.3. The fraction of sp³-hybridized carbons (Fsp3) is 0.320. The molecule has 5 heteroatoms. The molecule has 0 radical (unpaired) electrons. The molecule has 0 bridgehead atoms. The third kappa shape index (κ3) is 3.67. The number of fused-ring (bicyclic) bond motifs is 1. The van der Waals surface area contributed by atoms with Crippen molar-refractivity contribution in [2.45, 2.75) is 39.0 Å². The third-order valence-corrected chi connectivity index (χ3v) is 5.94. The number of rotatable bonds is 4. The largest absolute Gasteiger partial charge is 0.495 e. The van der Waals surface area contributed by atoms with Crippen LogP contribution in [-0.4, -0.2) is 24.5 Å². The number of ketones is 1. The normalized spacial score (nSPS) is 21.0. The summed E-state index contributed by atoms with van der Waals surface area (Å²) in [5, 5.41) is 2.98. The van der Waals surface area contributed by atoms with E-state index in [-0.39, 0.29) is 23.5 Å². The number of nitrogens with zero attached hydrogens (tertiary/aromatic N) is 1. The van der Waals surface area contributed by atoms with E-state index in [2.05, 4.69) is 5.32 Å². The van der Waals surface area contributed by atoms with Crippen molar-refractivity contribution in [3.05, 3.63) is 70.9 Å². The lowest BCUT2D eigenvalue weighted by Gasteiger charge is -2.36. The van der Waals surface area contributed by atoms with Gasteiger partial charge in [-0.1, -0.05) is 42.0 Å². The predicted octanol–water partition coefficient (Wildman–Crippen LogP) is 4.82. The first-order valence-electron chi connectivity index (χ1n) is 10.3. The summed E-state index contributed by atoms with van der Waals surface area (Å²) in [5.41, 5.74) is 4.83. The number of hydrogen-bond donors (Lipinski definition) is 1. The number of methoxy groups -OCH3 is 1. The van der Waals surface area contributed by atoms with E-state index in [1.54, 1.807) is 19.2 Å². The third-order valence-electron chi connectivity index (χ3n) is 5.94. The number of allylic oxidation sites excluding steroid dienone is 1. The van der Waals surface area contributed by atoms with Gasteiger partial charge in [-0.3, -0.25) is 14.6 Å². The molecule has 1 aliphatic carbocycles. The zero-order valence-electron chi connectivity index (χ0n) is 17.6. The number of hydrogen-bond acceptors (Lipinski definition) is 4. The van der Waals surface area contributed by atoms with Crippen molar-refractivity contribution in [1.29, 1.82) is 0 Å². The van der Waals surface area contributed by atoms with Crippen molar-refractivity contribution in [3.63, 3.8) is 0 Å². The van der Waals surface area contributed by atoms with Crippen LogP contribution in [0.2, 0.25) is 0 Å². The monoisotopic (exact) mass is 402 g/mol. The molecule has 2 aromatic rings. The summed E-state index contributed by atoms with van der Waals surface area (Å²) in [7, 11) is 1.57. The van der Waals surface area contributed by atoms with Crippen molar-refractivity contribution in [2.75, 3.05) is 12.4 Å². The number of carbonyl (C=O) groups is 2. The average molecular weight is 402 g/mol. The number of anilines is 1. The van der Waals surface area contributed by atoms with E-state index in [0.29, 0.717) is 29.1 Å². The molecular formula is C25H26N2O3. The topological polar surface area (TPSA) is 67.8 Å². The maximum atomic E-state index is 13.5. The van der Waals surface area contributed by atoms with Crippen LogP contribution in [-0.2, 0) is 9.59 Å². The Balaban J connectivity index is 1.79. The fourth-order valence-corrected chi connectivity index (χ4v) is 4.49. The van der Waals surface area contributed by atoms with Crippen LogP contribution in [0.1, 0.15) is 43.2 Å². The number of benzene rings is 2. The number of ether oxygens (including phenoxy) is 1. The van der Waals surface area contributed by atoms with Gasteiger partial charge in [0.15, 0.2) is 0 Å². The van der Waals surface area contributed by atoms with Gasteiger partial charge in [-0.2, -0.15) is 0 Å². The van der Waals surface area contributed by atoms with E-state index in [1.165, 1.54) is 0 Å². The summed E-state index contributed by atoms with van der Waals surface area (Å²) in [4.78, 5) is 31.1. The first-order valence-corrected chi connectivity index (χ1v) is 10.3. The smallest absolute Gasteiger partial charge is 0.254 e. The Kier molecular flexibility index (Phi) is 5.53. The van der Waals surface area contributed by atoms with Crippen LogP contribution in [0.5, 0.6) is 5.75 Å². The molecule has 30 heavy (non-hydrogen) atoms. The number of carbonyl (C=O) groups excluding carboxylic acids is 2. The van der Waals surface area contributed by atoms with Gasteiger partial charge in [-0.05, 0) is 44.4 Å². The van der Waals surface area contributed by atoms with Gasteiger partial charge in [0.05, 0.1) is 18.7 Å². The minimum atomic E-state index is -0.372. The highest BCUT2D eigenvalue weighted by molar-refractivity contribution is 6.14. The molecule has 2 aliphatic rings. The zero-order valence-corrected chi connectivity index (χ0v) is 17.6. The number of para-hydroxylation sites is 2. The predicted molar refractivity (Wildman–Crippen MR) is 118 cm³/mol. The number of Topliss-reactive ketones (excluding diaryl/α,β-unsaturated/α-hetero) is 1. The summed E-state index contributed by atoms with van der Waals surface area (Å²) in [6.45, 7) is 3.89. The van der Waals surface area contributed by atoms with E-state index in [4.69, 9.17) is 9.73 Å². The molecule has 1 fully saturated rings. The molecule has 0 spiro atoms. The van der Waals surface area contributed by atoms with Gasteiger partial charge in [-0.25, -0.2) is 0 Å². The number of aryl methyl sites for hydroxylation is 1. The maximum absolute atomic E-state index is 13.5. The lowest BCUT2D eigenvalue weighted by Crippen LogP contribution is -2.39. The van der Waals surface area contributed by atoms with Gasteiger partial charge >= 0.3 is 0 Å². The highest BCUT2D eigenvalue weighted by atomic mass is 16.5. The van der Waals surface area contributed by atoms with E-state index in [1.807, 2.05) is 50.2 Å². The molecule has 1 heterocycles. The van der Waals surface area contributed by atoms with E-state index >= 15 is 0 Å². The van der Waals surface area contributed by atoms with Crippen LogP contribution in [0.4, 0.5) is 5.69 Å². The van der Waals surface area contributed by atoms with Gasteiger partial charge in [0.2, 0.25) is 0 Å². The SMILES string of the molecule is COc1ccccc1NC(=O)C1=C(C)N=C2CCCC(=O)C2[C@@H]1c1ccc(C)cc1. The molecule has 5 nitrogen and oxygen atoms in total. The number of nitrogens with one attached hydrogen (secondary N) is 1. The first-order chi connectivity index (χ1) is 14.5. The minimum absolute atomic E-state index is 0.167. The molecule has 1 unspecified atom stereocenters. The van der Waals surface area contributed by atoms with Crippen LogP contribution in [0.15, 0.2) is 64.8 Å². The molecule has 1 saturated carbocycles. The molecule has 1 amide bonds. The highest BCUT2D eigenvalue weighted by Crippen LogP contribution is 2.43. The van der Waals surface area contributed by atoms with Crippen molar-refractivity contribution >= 4 is 23.1 Å². The molecule has 0 saturated heterocycles. The van der Waals surface area contributed by atoms with Crippen LogP contribution < -0.4 is 10.1 Å². The average Bonchev–Trinajstić information content (AvgIpc) is 2.74. The van der Waals surface area contributed by atoms with E-state index < -0.39 is 0 Å². The number of amides is 1. The summed E-state index contributed by atoms with van der Waals surface area (Å²) >= 11 is 0. The second-order valence-electron chi connectivity index (χ2n) is 7.94. The summed E-state index contributed by atoms with van der Waals surface area (Å²) in [6.07, 6.45) is 2.16. The number of aliphatic imine (C=N–C) groups is 1. The molecule has 4 rings (SSSR count). The van der Waals surface area contributed by atoms with Crippen LogP contribution in [0.3, 0.4) is 0 Å². The summed E-state index contributed by atoms with van der Waals surface area (Å²) < 4.78 is 5.38. The minimum Gasteiger partial charge on any atom is -0.495 e. The van der Waals surface area contributed by atoms with Gasteiger partial charge < -0.3 is 10.1 Å². The Bertz CT molecular complexity index is 1050. The molecule has 1 aliphatic heterocycles. The Hall–Kier alpha value is -3.21. The Morgan fingerprint density at radius 3 is 2.50 bits per heavy atom. The molecule has 154 valence electrons. The Morgan fingerprint density at radius 1 is 1.03 bits per heavy atom. The second kappa shape index (κ2) is 8.27.